The summed E-state index contributed by atoms with van der Waals surface area (Å²) in [5.74, 6) is 0. The fourth-order valence-electron chi connectivity index (χ4n) is 3.98. The Morgan fingerprint density at radius 2 is 1.23 bits per heavy atom. The third kappa shape index (κ3) is 5.42. The van der Waals surface area contributed by atoms with E-state index >= 15 is 0 Å². The average molecular weight is 419 g/mol. The van der Waals surface area contributed by atoms with Crippen LogP contribution in [0, 0.1) is 0 Å². The molecule has 2 nitrogen and oxygen atoms in total. The summed E-state index contributed by atoms with van der Waals surface area (Å²) in [7, 11) is 4.44. The van der Waals surface area contributed by atoms with Crippen LogP contribution in [0.15, 0.2) is 60.7 Å². The van der Waals surface area contributed by atoms with Crippen LogP contribution in [0.4, 0.5) is 0 Å². The summed E-state index contributed by atoms with van der Waals surface area (Å²) >= 11 is 0. The molecule has 2 aromatic carbocycles. The molecule has 2 rings (SSSR count). The number of halogens is 1. The second-order valence-electron chi connectivity index (χ2n) is 7.15. The summed E-state index contributed by atoms with van der Waals surface area (Å²) < 4.78 is 0. The standard InChI is InChI=1S/C23H34N2.BrH/c1-5-25(6-2)20-14-13-19-23(24(3)4,21-15-9-7-10-16-21)22-17-11-8-12-18-22;/h7-12,15-18H,5-6,13-14,19-20H2,1-4H3;1H. The van der Waals surface area contributed by atoms with Crippen molar-refractivity contribution >= 4 is 0 Å². The van der Waals surface area contributed by atoms with Gasteiger partial charge in [-0.05, 0) is 58.3 Å². The molecule has 0 amide bonds. The quantitative estimate of drug-likeness (QED) is 0.554. The second kappa shape index (κ2) is 11.5. The summed E-state index contributed by atoms with van der Waals surface area (Å²) in [6, 6.07) is 22.0. The van der Waals surface area contributed by atoms with Crippen LogP contribution in [0.1, 0.15) is 44.2 Å². The minimum atomic E-state index is -0.0545. The fourth-order valence-corrected chi connectivity index (χ4v) is 3.98. The van der Waals surface area contributed by atoms with Crippen LogP contribution >= 0.6 is 0 Å². The molecule has 0 aliphatic heterocycles. The van der Waals surface area contributed by atoms with Gasteiger partial charge in [-0.1, -0.05) is 60.7 Å². The first-order chi connectivity index (χ1) is 12.1. The molecule has 0 heterocycles. The molecule has 0 aliphatic carbocycles. The first-order valence-corrected chi connectivity index (χ1v) is 9.77. The van der Waals surface area contributed by atoms with Crippen LogP contribution in [0.3, 0.4) is 0 Å². The Hall–Kier alpha value is -1.16. The minimum absolute atomic E-state index is 0. The molecule has 1 N–H and O–H groups in total. The van der Waals surface area contributed by atoms with Gasteiger partial charge in [-0.15, -0.1) is 0 Å². The summed E-state index contributed by atoms with van der Waals surface area (Å²) in [4.78, 5) is 4.11. The third-order valence-corrected chi connectivity index (χ3v) is 5.59. The van der Waals surface area contributed by atoms with Gasteiger partial charge in [0.05, 0.1) is 25.2 Å². The van der Waals surface area contributed by atoms with Gasteiger partial charge >= 0.3 is 0 Å². The normalized spacial score (nSPS) is 11.6. The molecule has 0 unspecified atom stereocenters. The Bertz CT molecular complexity index is 555. The van der Waals surface area contributed by atoms with E-state index in [1.54, 1.807) is 4.90 Å². The van der Waals surface area contributed by atoms with Crippen molar-refractivity contribution in [2.45, 2.75) is 38.6 Å². The molecular weight excluding hydrogens is 384 g/mol. The lowest BCUT2D eigenvalue weighted by Crippen LogP contribution is -3.11. The number of hydrogen-bond acceptors (Lipinski definition) is 1. The van der Waals surface area contributed by atoms with E-state index in [1.165, 1.54) is 43.6 Å². The van der Waals surface area contributed by atoms with Crippen LogP contribution < -0.4 is 21.9 Å². The SMILES string of the molecule is CC[NH+](CC)CCCCC(c1ccccc1)(c1ccccc1)N(C)C.[Br-]. The lowest BCUT2D eigenvalue weighted by atomic mass is 9.78. The fraction of sp³-hybridized carbons (Fsp3) is 0.478. The van der Waals surface area contributed by atoms with Gasteiger partial charge in [-0.2, -0.15) is 0 Å². The molecule has 0 radical (unpaired) electrons. The molecule has 2 aromatic rings. The topological polar surface area (TPSA) is 7.68 Å². The number of hydrogen-bond donors (Lipinski definition) is 1. The van der Waals surface area contributed by atoms with Crippen molar-refractivity contribution < 1.29 is 21.9 Å². The molecule has 3 heteroatoms. The van der Waals surface area contributed by atoms with Gasteiger partial charge < -0.3 is 21.9 Å². The highest BCUT2D eigenvalue weighted by Crippen LogP contribution is 2.38. The molecule has 0 atom stereocenters. The van der Waals surface area contributed by atoms with Crippen molar-refractivity contribution in [3.8, 4) is 0 Å². The van der Waals surface area contributed by atoms with Crippen LogP contribution in [0.25, 0.3) is 0 Å². The average Bonchev–Trinajstić information content (AvgIpc) is 2.66. The molecule has 144 valence electrons. The third-order valence-electron chi connectivity index (χ3n) is 5.59. The van der Waals surface area contributed by atoms with E-state index in [0.29, 0.717) is 0 Å². The lowest BCUT2D eigenvalue weighted by Gasteiger charge is -2.41. The van der Waals surface area contributed by atoms with Crippen LogP contribution in [-0.4, -0.2) is 38.6 Å². The monoisotopic (exact) mass is 418 g/mol. The van der Waals surface area contributed by atoms with E-state index in [2.05, 4.69) is 93.5 Å². The first-order valence-electron chi connectivity index (χ1n) is 9.77. The van der Waals surface area contributed by atoms with Crippen molar-refractivity contribution in [2.75, 3.05) is 33.7 Å². The van der Waals surface area contributed by atoms with Crippen LogP contribution in [0.2, 0.25) is 0 Å². The molecule has 0 fully saturated rings. The number of rotatable bonds is 10. The van der Waals surface area contributed by atoms with Crippen molar-refractivity contribution in [3.63, 3.8) is 0 Å². The summed E-state index contributed by atoms with van der Waals surface area (Å²) in [5, 5.41) is 0. The van der Waals surface area contributed by atoms with Crippen LogP contribution in [-0.2, 0) is 5.54 Å². The van der Waals surface area contributed by atoms with Crippen LogP contribution in [0.5, 0.6) is 0 Å². The Labute approximate surface area is 171 Å². The van der Waals surface area contributed by atoms with E-state index in [4.69, 9.17) is 0 Å². The van der Waals surface area contributed by atoms with Crippen molar-refractivity contribution in [3.05, 3.63) is 71.8 Å². The Kier molecular flexibility index (Phi) is 10.1. The molecule has 0 aromatic heterocycles. The first kappa shape index (κ1) is 22.9. The highest BCUT2D eigenvalue weighted by Gasteiger charge is 2.35. The highest BCUT2D eigenvalue weighted by molar-refractivity contribution is 5.38. The van der Waals surface area contributed by atoms with Crippen molar-refractivity contribution in [1.82, 2.24) is 4.90 Å². The molecule has 0 saturated carbocycles. The Morgan fingerprint density at radius 1 is 0.769 bits per heavy atom. The molecule has 0 spiro atoms. The maximum absolute atomic E-state index is 2.40. The van der Waals surface area contributed by atoms with Gasteiger partial charge in [-0.25, -0.2) is 0 Å². The van der Waals surface area contributed by atoms with Gasteiger partial charge in [0.1, 0.15) is 0 Å². The van der Waals surface area contributed by atoms with Gasteiger partial charge in [0.25, 0.3) is 0 Å². The molecule has 0 bridgehead atoms. The van der Waals surface area contributed by atoms with E-state index in [1.807, 2.05) is 0 Å². The molecule has 26 heavy (non-hydrogen) atoms. The van der Waals surface area contributed by atoms with Crippen molar-refractivity contribution in [2.24, 2.45) is 0 Å². The number of unbranched alkanes of at least 4 members (excludes halogenated alkanes) is 1. The zero-order chi connectivity index (χ0) is 18.1. The number of nitrogens with zero attached hydrogens (tertiary/aromatic N) is 1. The number of benzene rings is 2. The van der Waals surface area contributed by atoms with Gasteiger partial charge in [0.2, 0.25) is 0 Å². The minimum Gasteiger partial charge on any atom is -1.00 e. The second-order valence-corrected chi connectivity index (χ2v) is 7.15. The van der Waals surface area contributed by atoms with E-state index < -0.39 is 0 Å². The molecular formula is C23H35BrN2. The van der Waals surface area contributed by atoms with Crippen molar-refractivity contribution in [1.29, 1.82) is 0 Å². The highest BCUT2D eigenvalue weighted by atomic mass is 79.9. The summed E-state index contributed by atoms with van der Waals surface area (Å²) in [6.07, 6.45) is 3.67. The Morgan fingerprint density at radius 3 is 1.62 bits per heavy atom. The van der Waals surface area contributed by atoms with E-state index in [-0.39, 0.29) is 22.5 Å². The maximum atomic E-state index is 2.40. The van der Waals surface area contributed by atoms with E-state index in [0.717, 1.165) is 6.42 Å². The molecule has 0 aliphatic rings. The zero-order valence-electron chi connectivity index (χ0n) is 16.8. The molecule has 0 saturated heterocycles. The van der Waals surface area contributed by atoms with Gasteiger partial charge in [-0.3, -0.25) is 4.90 Å². The lowest BCUT2D eigenvalue weighted by molar-refractivity contribution is -0.896. The zero-order valence-corrected chi connectivity index (χ0v) is 18.4. The number of quaternary nitrogens is 1. The maximum Gasteiger partial charge on any atom is 0.0770 e. The number of nitrogens with one attached hydrogen (secondary N) is 1. The van der Waals surface area contributed by atoms with Gasteiger partial charge in [0, 0.05) is 0 Å². The Balaban J connectivity index is 0.00000338. The summed E-state index contributed by atoms with van der Waals surface area (Å²) in [5.41, 5.74) is 2.73. The summed E-state index contributed by atoms with van der Waals surface area (Å²) in [6.45, 7) is 8.31. The largest absolute Gasteiger partial charge is 1.00 e. The van der Waals surface area contributed by atoms with Gasteiger partial charge in [0.15, 0.2) is 0 Å². The predicted octanol–water partition coefficient (Wildman–Crippen LogP) is 0.591. The smallest absolute Gasteiger partial charge is 0.0770 e. The predicted molar refractivity (Wildman–Crippen MR) is 108 cm³/mol. The van der Waals surface area contributed by atoms with E-state index in [9.17, 15) is 0 Å².